The Morgan fingerprint density at radius 1 is 1.00 bits per heavy atom. The zero-order valence-corrected chi connectivity index (χ0v) is 13.1. The highest BCUT2D eigenvalue weighted by Gasteiger charge is 2.50. The lowest BCUT2D eigenvalue weighted by atomic mass is 9.80. The summed E-state index contributed by atoms with van der Waals surface area (Å²) in [7, 11) is 0. The van der Waals surface area contributed by atoms with Gasteiger partial charge in [0.2, 0.25) is 0 Å². The van der Waals surface area contributed by atoms with Crippen molar-refractivity contribution in [3.8, 4) is 0 Å². The Morgan fingerprint density at radius 3 is 2.52 bits per heavy atom. The largest absolute Gasteiger partial charge is 0.381 e. The van der Waals surface area contributed by atoms with E-state index in [1.807, 2.05) is 0 Å². The van der Waals surface area contributed by atoms with Crippen LogP contribution in [-0.2, 0) is 14.2 Å². The molecule has 1 atom stereocenters. The molecule has 4 heteroatoms. The minimum atomic E-state index is 0.133. The molecule has 4 rings (SSSR count). The van der Waals surface area contributed by atoms with Crippen molar-refractivity contribution in [2.75, 3.05) is 39.5 Å². The molecule has 3 saturated heterocycles. The van der Waals surface area contributed by atoms with Gasteiger partial charge in [-0.1, -0.05) is 6.42 Å². The molecule has 21 heavy (non-hydrogen) atoms. The molecule has 0 N–H and O–H groups in total. The van der Waals surface area contributed by atoms with Crippen LogP contribution in [0.1, 0.15) is 44.9 Å². The zero-order valence-electron chi connectivity index (χ0n) is 13.1. The second-order valence-corrected chi connectivity index (χ2v) is 7.53. The van der Waals surface area contributed by atoms with E-state index in [4.69, 9.17) is 14.2 Å². The molecule has 0 bridgehead atoms. The first-order valence-electron chi connectivity index (χ1n) is 8.90. The van der Waals surface area contributed by atoms with Gasteiger partial charge in [-0.3, -0.25) is 4.90 Å². The molecule has 3 aliphatic heterocycles. The number of ether oxygens (including phenoxy) is 3. The molecule has 0 aromatic rings. The van der Waals surface area contributed by atoms with Gasteiger partial charge in [0.15, 0.2) is 0 Å². The summed E-state index contributed by atoms with van der Waals surface area (Å²) in [5.41, 5.74) is 0.133. The Kier molecular flexibility index (Phi) is 4.23. The van der Waals surface area contributed by atoms with E-state index in [-0.39, 0.29) is 5.60 Å². The second kappa shape index (κ2) is 6.15. The van der Waals surface area contributed by atoms with Crippen LogP contribution in [0, 0.1) is 5.92 Å². The topological polar surface area (TPSA) is 30.9 Å². The standard InChI is InChI=1S/C17H29NO3/c1-2-15(3-1)18-12-17(13-18)10-16(6-9-21-17)20-11-14-4-7-19-8-5-14/h14-16H,1-13H2/t16-/m1/s1. The first kappa shape index (κ1) is 14.4. The predicted octanol–water partition coefficient (Wildman–Crippen LogP) is 2.22. The summed E-state index contributed by atoms with van der Waals surface area (Å²) >= 11 is 0. The maximum Gasteiger partial charge on any atom is 0.0959 e. The summed E-state index contributed by atoms with van der Waals surface area (Å²) in [5.74, 6) is 0.713. The highest BCUT2D eigenvalue weighted by atomic mass is 16.5. The summed E-state index contributed by atoms with van der Waals surface area (Å²) in [6, 6.07) is 0.864. The lowest BCUT2D eigenvalue weighted by Gasteiger charge is -2.57. The zero-order chi connectivity index (χ0) is 14.1. The van der Waals surface area contributed by atoms with E-state index in [0.29, 0.717) is 12.0 Å². The first-order valence-corrected chi connectivity index (χ1v) is 8.90. The molecule has 4 fully saturated rings. The Balaban J connectivity index is 1.22. The molecular formula is C17H29NO3. The van der Waals surface area contributed by atoms with Crippen molar-refractivity contribution in [1.29, 1.82) is 0 Å². The Labute approximate surface area is 128 Å². The van der Waals surface area contributed by atoms with Crippen LogP contribution in [0.25, 0.3) is 0 Å². The highest BCUT2D eigenvalue weighted by Crippen LogP contribution is 2.40. The minimum Gasteiger partial charge on any atom is -0.381 e. The van der Waals surface area contributed by atoms with Crippen molar-refractivity contribution < 1.29 is 14.2 Å². The van der Waals surface area contributed by atoms with Gasteiger partial charge >= 0.3 is 0 Å². The molecular weight excluding hydrogens is 266 g/mol. The lowest BCUT2D eigenvalue weighted by Crippen LogP contribution is -2.69. The van der Waals surface area contributed by atoms with Gasteiger partial charge in [0, 0.05) is 52.0 Å². The van der Waals surface area contributed by atoms with Gasteiger partial charge in [-0.2, -0.15) is 0 Å². The van der Waals surface area contributed by atoms with Gasteiger partial charge < -0.3 is 14.2 Å². The summed E-state index contributed by atoms with van der Waals surface area (Å²) in [5, 5.41) is 0. The first-order chi connectivity index (χ1) is 10.3. The van der Waals surface area contributed by atoms with Crippen LogP contribution in [0.4, 0.5) is 0 Å². The lowest BCUT2D eigenvalue weighted by molar-refractivity contribution is -0.211. The van der Waals surface area contributed by atoms with Gasteiger partial charge in [-0.15, -0.1) is 0 Å². The van der Waals surface area contributed by atoms with Crippen LogP contribution in [0.3, 0.4) is 0 Å². The molecule has 1 aliphatic carbocycles. The van der Waals surface area contributed by atoms with E-state index in [2.05, 4.69) is 4.90 Å². The van der Waals surface area contributed by atoms with Crippen molar-refractivity contribution in [2.45, 2.75) is 62.7 Å². The summed E-state index contributed by atoms with van der Waals surface area (Å²) in [6.07, 6.45) is 9.18. The number of hydrogen-bond donors (Lipinski definition) is 0. The van der Waals surface area contributed by atoms with E-state index >= 15 is 0 Å². The molecule has 0 aromatic carbocycles. The van der Waals surface area contributed by atoms with Gasteiger partial charge in [-0.25, -0.2) is 0 Å². The van der Waals surface area contributed by atoms with Crippen LogP contribution in [0.5, 0.6) is 0 Å². The maximum absolute atomic E-state index is 6.24. The second-order valence-electron chi connectivity index (χ2n) is 7.53. The molecule has 1 saturated carbocycles. The Hall–Kier alpha value is -0.160. The van der Waals surface area contributed by atoms with E-state index < -0.39 is 0 Å². The summed E-state index contributed by atoms with van der Waals surface area (Å²) < 4.78 is 17.8. The monoisotopic (exact) mass is 295 g/mol. The summed E-state index contributed by atoms with van der Waals surface area (Å²) in [4.78, 5) is 2.63. The SMILES string of the molecule is C1CC(N2CC3(C[C@H](OCC4CCOCC4)CCO3)C2)C1. The molecule has 0 amide bonds. The van der Waals surface area contributed by atoms with Crippen LogP contribution in [0.2, 0.25) is 0 Å². The van der Waals surface area contributed by atoms with Crippen molar-refractivity contribution in [3.63, 3.8) is 0 Å². The molecule has 0 unspecified atom stereocenters. The van der Waals surface area contributed by atoms with E-state index in [1.54, 1.807) is 0 Å². The quantitative estimate of drug-likeness (QED) is 0.796. The van der Waals surface area contributed by atoms with Crippen molar-refractivity contribution >= 4 is 0 Å². The van der Waals surface area contributed by atoms with E-state index in [0.717, 1.165) is 58.4 Å². The van der Waals surface area contributed by atoms with Crippen LogP contribution < -0.4 is 0 Å². The fourth-order valence-electron chi connectivity index (χ4n) is 4.23. The molecule has 0 aromatic heterocycles. The highest BCUT2D eigenvalue weighted by molar-refractivity contribution is 5.04. The third kappa shape index (κ3) is 3.14. The maximum atomic E-state index is 6.24. The summed E-state index contributed by atoms with van der Waals surface area (Å²) in [6.45, 7) is 5.95. The fraction of sp³-hybridized carbons (Fsp3) is 1.00. The van der Waals surface area contributed by atoms with Crippen molar-refractivity contribution in [1.82, 2.24) is 4.90 Å². The minimum absolute atomic E-state index is 0.133. The predicted molar refractivity (Wildman–Crippen MR) is 80.4 cm³/mol. The normalized spacial score (nSPS) is 34.6. The van der Waals surface area contributed by atoms with Crippen LogP contribution >= 0.6 is 0 Å². The van der Waals surface area contributed by atoms with Crippen LogP contribution in [0.15, 0.2) is 0 Å². The average molecular weight is 295 g/mol. The van der Waals surface area contributed by atoms with E-state index in [9.17, 15) is 0 Å². The number of nitrogens with zero attached hydrogens (tertiary/aromatic N) is 1. The number of rotatable bonds is 4. The Bertz CT molecular complexity index is 346. The smallest absolute Gasteiger partial charge is 0.0959 e. The molecule has 1 spiro atoms. The molecule has 4 nitrogen and oxygen atoms in total. The molecule has 120 valence electrons. The van der Waals surface area contributed by atoms with Gasteiger partial charge in [0.1, 0.15) is 0 Å². The van der Waals surface area contributed by atoms with Gasteiger partial charge in [0.25, 0.3) is 0 Å². The van der Waals surface area contributed by atoms with Crippen molar-refractivity contribution in [3.05, 3.63) is 0 Å². The third-order valence-corrected chi connectivity index (χ3v) is 5.93. The van der Waals surface area contributed by atoms with Crippen molar-refractivity contribution in [2.24, 2.45) is 5.92 Å². The molecule has 0 radical (unpaired) electrons. The van der Waals surface area contributed by atoms with E-state index in [1.165, 1.54) is 32.1 Å². The van der Waals surface area contributed by atoms with Crippen LogP contribution in [-0.4, -0.2) is 62.2 Å². The number of hydrogen-bond acceptors (Lipinski definition) is 4. The average Bonchev–Trinajstić information content (AvgIpc) is 2.43. The molecule has 3 heterocycles. The molecule has 4 aliphatic rings. The fourth-order valence-corrected chi connectivity index (χ4v) is 4.23. The third-order valence-electron chi connectivity index (χ3n) is 5.93. The van der Waals surface area contributed by atoms with Gasteiger partial charge in [-0.05, 0) is 38.0 Å². The number of likely N-dealkylation sites (tertiary alicyclic amines) is 1. The van der Waals surface area contributed by atoms with Gasteiger partial charge in [0.05, 0.1) is 11.7 Å². The Morgan fingerprint density at radius 2 is 1.81 bits per heavy atom.